The number of rotatable bonds is 3. The number of ether oxygens (including phenoxy) is 1. The van der Waals surface area contributed by atoms with Crippen LogP contribution in [0.1, 0.15) is 35.8 Å². The van der Waals surface area contributed by atoms with Gasteiger partial charge in [0.15, 0.2) is 0 Å². The van der Waals surface area contributed by atoms with Crippen LogP contribution in [0, 0.1) is 12.8 Å². The Labute approximate surface area is 142 Å². The Hall–Kier alpha value is -2.14. The van der Waals surface area contributed by atoms with Gasteiger partial charge in [-0.05, 0) is 50.8 Å². The first-order valence-electron chi connectivity index (χ1n) is 8.50. The van der Waals surface area contributed by atoms with E-state index in [1.165, 1.54) is 0 Å². The molecule has 1 amide bonds. The van der Waals surface area contributed by atoms with E-state index >= 15 is 0 Å². The Balaban J connectivity index is 1.90. The highest BCUT2D eigenvalue weighted by atomic mass is 16.5. The van der Waals surface area contributed by atoms with E-state index in [0.717, 1.165) is 48.3 Å². The zero-order valence-corrected chi connectivity index (χ0v) is 14.6. The topological polar surface area (TPSA) is 68.5 Å². The maximum absolute atomic E-state index is 13.0. The molecule has 1 aromatic carbocycles. The number of hydrogen-bond donors (Lipinski definition) is 1. The van der Waals surface area contributed by atoms with Crippen molar-refractivity contribution in [2.24, 2.45) is 11.7 Å². The number of aromatic nitrogens is 1. The Bertz CT molecular complexity index is 758. The van der Waals surface area contributed by atoms with E-state index in [9.17, 15) is 4.79 Å². The standard InChI is InChI=1S/C19H25N3O2/c1-12(20)15-5-4-8-22(11-15)19(23)17-9-14-6-7-16(24-3)10-18(14)21-13(17)2/h6-7,9-10,12,15H,4-5,8,11,20H2,1-3H3. The third-order valence-electron chi connectivity index (χ3n) is 4.93. The van der Waals surface area contributed by atoms with Crippen LogP contribution >= 0.6 is 0 Å². The summed E-state index contributed by atoms with van der Waals surface area (Å²) in [5.41, 5.74) is 8.31. The number of aryl methyl sites for hydroxylation is 1. The molecule has 3 rings (SSSR count). The second-order valence-electron chi connectivity index (χ2n) is 6.69. The molecular weight excluding hydrogens is 302 g/mol. The number of fused-ring (bicyclic) bond motifs is 1. The predicted octanol–water partition coefficient (Wildman–Crippen LogP) is 2.75. The number of hydrogen-bond acceptors (Lipinski definition) is 4. The van der Waals surface area contributed by atoms with Gasteiger partial charge in [0.1, 0.15) is 5.75 Å². The summed E-state index contributed by atoms with van der Waals surface area (Å²) in [4.78, 5) is 19.5. The van der Waals surface area contributed by atoms with Gasteiger partial charge in [0.05, 0.1) is 23.9 Å². The number of methoxy groups -OCH3 is 1. The Morgan fingerprint density at radius 2 is 2.21 bits per heavy atom. The first kappa shape index (κ1) is 16.7. The van der Waals surface area contributed by atoms with Crippen molar-refractivity contribution in [3.63, 3.8) is 0 Å². The fourth-order valence-electron chi connectivity index (χ4n) is 3.38. The quantitative estimate of drug-likeness (QED) is 0.941. The molecule has 0 spiro atoms. The summed E-state index contributed by atoms with van der Waals surface area (Å²) in [7, 11) is 1.64. The summed E-state index contributed by atoms with van der Waals surface area (Å²) in [5, 5.41) is 0.950. The first-order valence-corrected chi connectivity index (χ1v) is 8.50. The van der Waals surface area contributed by atoms with Crippen LogP contribution in [0.5, 0.6) is 5.75 Å². The van der Waals surface area contributed by atoms with Gasteiger partial charge in [0.2, 0.25) is 0 Å². The monoisotopic (exact) mass is 327 g/mol. The number of likely N-dealkylation sites (tertiary alicyclic amines) is 1. The molecule has 2 unspecified atom stereocenters. The lowest BCUT2D eigenvalue weighted by Gasteiger charge is -2.34. The SMILES string of the molecule is COc1ccc2cc(C(=O)N3CCCC(C(C)N)C3)c(C)nc2c1. The predicted molar refractivity (Wildman–Crippen MR) is 95.3 cm³/mol. The highest BCUT2D eigenvalue weighted by molar-refractivity contribution is 5.98. The van der Waals surface area contributed by atoms with E-state index in [1.54, 1.807) is 7.11 Å². The second-order valence-corrected chi connectivity index (χ2v) is 6.69. The highest BCUT2D eigenvalue weighted by Crippen LogP contribution is 2.25. The van der Waals surface area contributed by atoms with Crippen molar-refractivity contribution in [1.82, 2.24) is 9.88 Å². The molecule has 1 aliphatic rings. The smallest absolute Gasteiger partial charge is 0.255 e. The summed E-state index contributed by atoms with van der Waals surface area (Å²) in [6, 6.07) is 7.78. The van der Waals surface area contributed by atoms with Gasteiger partial charge in [-0.1, -0.05) is 0 Å². The number of pyridine rings is 1. The summed E-state index contributed by atoms with van der Waals surface area (Å²) >= 11 is 0. The molecule has 0 radical (unpaired) electrons. The molecule has 2 aromatic rings. The van der Waals surface area contributed by atoms with Gasteiger partial charge in [-0.2, -0.15) is 0 Å². The molecule has 1 aliphatic heterocycles. The van der Waals surface area contributed by atoms with Gasteiger partial charge >= 0.3 is 0 Å². The van der Waals surface area contributed by atoms with Crippen molar-refractivity contribution in [1.29, 1.82) is 0 Å². The molecule has 2 N–H and O–H groups in total. The number of carbonyl (C=O) groups excluding carboxylic acids is 1. The minimum Gasteiger partial charge on any atom is -0.497 e. The normalized spacial score (nSPS) is 19.3. The maximum Gasteiger partial charge on any atom is 0.255 e. The molecule has 0 saturated carbocycles. The fraction of sp³-hybridized carbons (Fsp3) is 0.474. The maximum atomic E-state index is 13.0. The van der Waals surface area contributed by atoms with Gasteiger partial charge < -0.3 is 15.4 Å². The minimum atomic E-state index is 0.0584. The summed E-state index contributed by atoms with van der Waals surface area (Å²) in [6.07, 6.45) is 2.10. The van der Waals surface area contributed by atoms with Crippen molar-refractivity contribution >= 4 is 16.8 Å². The molecular formula is C19H25N3O2. The number of nitrogens with two attached hydrogens (primary N) is 1. The van der Waals surface area contributed by atoms with Gasteiger partial charge in [0.25, 0.3) is 5.91 Å². The Morgan fingerprint density at radius 3 is 2.92 bits per heavy atom. The van der Waals surface area contributed by atoms with E-state index in [2.05, 4.69) is 4.98 Å². The van der Waals surface area contributed by atoms with Crippen LogP contribution in [-0.2, 0) is 0 Å². The van der Waals surface area contributed by atoms with Crippen LogP contribution < -0.4 is 10.5 Å². The number of amides is 1. The average Bonchev–Trinajstić information content (AvgIpc) is 2.60. The molecule has 2 atom stereocenters. The van der Waals surface area contributed by atoms with Crippen molar-refractivity contribution in [3.8, 4) is 5.75 Å². The van der Waals surface area contributed by atoms with Gasteiger partial charge in [-0.25, -0.2) is 0 Å². The van der Waals surface area contributed by atoms with Gasteiger partial charge in [0, 0.05) is 30.6 Å². The molecule has 1 saturated heterocycles. The molecule has 24 heavy (non-hydrogen) atoms. The van der Waals surface area contributed by atoms with E-state index in [0.29, 0.717) is 11.5 Å². The van der Waals surface area contributed by atoms with Crippen LogP contribution in [0.4, 0.5) is 0 Å². The molecule has 2 heterocycles. The zero-order chi connectivity index (χ0) is 17.3. The number of carbonyl (C=O) groups is 1. The van der Waals surface area contributed by atoms with E-state index in [-0.39, 0.29) is 11.9 Å². The lowest BCUT2D eigenvalue weighted by Crippen LogP contribution is -2.45. The summed E-state index contributed by atoms with van der Waals surface area (Å²) in [6.45, 7) is 5.44. The molecule has 5 heteroatoms. The lowest BCUT2D eigenvalue weighted by atomic mass is 9.91. The fourth-order valence-corrected chi connectivity index (χ4v) is 3.38. The number of piperidine rings is 1. The number of benzene rings is 1. The van der Waals surface area contributed by atoms with Crippen molar-refractivity contribution in [2.45, 2.75) is 32.7 Å². The van der Waals surface area contributed by atoms with Crippen LogP contribution in [0.2, 0.25) is 0 Å². The van der Waals surface area contributed by atoms with E-state index < -0.39 is 0 Å². The van der Waals surface area contributed by atoms with Crippen LogP contribution in [-0.4, -0.2) is 42.0 Å². The first-order chi connectivity index (χ1) is 11.5. The second kappa shape index (κ2) is 6.77. The lowest BCUT2D eigenvalue weighted by molar-refractivity contribution is 0.0660. The highest BCUT2D eigenvalue weighted by Gasteiger charge is 2.27. The molecule has 5 nitrogen and oxygen atoms in total. The van der Waals surface area contributed by atoms with Crippen molar-refractivity contribution in [2.75, 3.05) is 20.2 Å². The average molecular weight is 327 g/mol. The van der Waals surface area contributed by atoms with Gasteiger partial charge in [-0.3, -0.25) is 9.78 Å². The van der Waals surface area contributed by atoms with Crippen LogP contribution in [0.25, 0.3) is 10.9 Å². The Kier molecular flexibility index (Phi) is 4.71. The van der Waals surface area contributed by atoms with Gasteiger partial charge in [-0.15, -0.1) is 0 Å². The van der Waals surface area contributed by atoms with Crippen LogP contribution in [0.3, 0.4) is 0 Å². The zero-order valence-electron chi connectivity index (χ0n) is 14.6. The third-order valence-corrected chi connectivity index (χ3v) is 4.93. The molecule has 1 aromatic heterocycles. The largest absolute Gasteiger partial charge is 0.497 e. The molecule has 128 valence electrons. The third kappa shape index (κ3) is 3.22. The van der Waals surface area contributed by atoms with Crippen LogP contribution in [0.15, 0.2) is 24.3 Å². The molecule has 1 fully saturated rings. The van der Waals surface area contributed by atoms with E-state index in [1.807, 2.05) is 43.0 Å². The molecule has 0 bridgehead atoms. The summed E-state index contributed by atoms with van der Waals surface area (Å²) < 4.78 is 5.24. The number of nitrogens with zero attached hydrogens (tertiary/aromatic N) is 2. The van der Waals surface area contributed by atoms with Crippen molar-refractivity contribution < 1.29 is 9.53 Å². The summed E-state index contributed by atoms with van der Waals surface area (Å²) in [5.74, 6) is 1.20. The molecule has 0 aliphatic carbocycles. The minimum absolute atomic E-state index is 0.0584. The Morgan fingerprint density at radius 1 is 1.42 bits per heavy atom. The van der Waals surface area contributed by atoms with E-state index in [4.69, 9.17) is 10.5 Å². The van der Waals surface area contributed by atoms with Crippen molar-refractivity contribution in [3.05, 3.63) is 35.5 Å².